The summed E-state index contributed by atoms with van der Waals surface area (Å²) in [4.78, 5) is 25.4. The van der Waals surface area contributed by atoms with Gasteiger partial charge in [0.05, 0.1) is 23.3 Å². The predicted molar refractivity (Wildman–Crippen MR) is 171 cm³/mol. The van der Waals surface area contributed by atoms with Crippen LogP contribution in [0.2, 0.25) is 0 Å². The minimum absolute atomic E-state index is 0.0190. The van der Waals surface area contributed by atoms with Crippen molar-refractivity contribution in [2.45, 2.75) is 49.3 Å². The molecule has 8 rings (SSSR count). The third-order valence-corrected chi connectivity index (χ3v) is 10.5. The predicted octanol–water partition coefficient (Wildman–Crippen LogP) is 5.96. The molecule has 2 saturated carbocycles. The van der Waals surface area contributed by atoms with Crippen molar-refractivity contribution < 1.29 is 9.53 Å². The van der Waals surface area contributed by atoms with E-state index in [4.69, 9.17) is 15.5 Å². The summed E-state index contributed by atoms with van der Waals surface area (Å²) in [5, 5.41) is 2.20. The van der Waals surface area contributed by atoms with Crippen molar-refractivity contribution in [1.82, 2.24) is 24.0 Å². The minimum Gasteiger partial charge on any atom is -0.494 e. The van der Waals surface area contributed by atoms with E-state index in [1.165, 1.54) is 23.7 Å². The van der Waals surface area contributed by atoms with Gasteiger partial charge < -0.3 is 24.5 Å². The number of carbonyl (C=O) groups is 1. The number of hydrogen-bond donors (Lipinski definition) is 1. The van der Waals surface area contributed by atoms with Gasteiger partial charge in [-0.2, -0.15) is 0 Å². The third-order valence-electron chi connectivity index (χ3n) is 9.87. The molecule has 0 spiro atoms. The number of fused-ring (bicyclic) bond motifs is 4. The molecule has 1 saturated heterocycles. The number of nitrogens with two attached hydrogens (primary N) is 1. The van der Waals surface area contributed by atoms with Crippen LogP contribution in [0, 0.1) is 11.8 Å². The summed E-state index contributed by atoms with van der Waals surface area (Å²) in [6.07, 6.45) is 8.60. The molecule has 9 heteroatoms. The monoisotopic (exact) mass is 592 g/mol. The van der Waals surface area contributed by atoms with Crippen molar-refractivity contribution in [2.75, 3.05) is 19.9 Å². The van der Waals surface area contributed by atoms with E-state index in [1.54, 1.807) is 18.9 Å². The van der Waals surface area contributed by atoms with Crippen molar-refractivity contribution in [3.05, 3.63) is 60.3 Å². The summed E-state index contributed by atoms with van der Waals surface area (Å²) in [7, 11) is 3.70. The number of thioether (sulfide) groups is 1. The number of carbonyl (C=O) groups excluding carboxylic acids is 1. The molecular weight excluding hydrogens is 556 g/mol. The fourth-order valence-electron chi connectivity index (χ4n) is 7.31. The number of amides is 1. The number of nitrogens with zero attached hydrogens (tertiary/aromatic N) is 5. The van der Waals surface area contributed by atoms with E-state index in [2.05, 4.69) is 50.5 Å². The lowest BCUT2D eigenvalue weighted by Gasteiger charge is -2.27. The highest BCUT2D eigenvalue weighted by molar-refractivity contribution is 7.98. The summed E-state index contributed by atoms with van der Waals surface area (Å²) in [6, 6.07) is 17.1. The third kappa shape index (κ3) is 4.35. The van der Waals surface area contributed by atoms with E-state index in [1.807, 2.05) is 36.5 Å². The molecular formula is C34H36N6O2S. The molecule has 3 atom stereocenters. The van der Waals surface area contributed by atoms with E-state index in [0.717, 1.165) is 64.6 Å². The standard InChI is InChI=1S/C34H36N6O2S/c1-38-32-25(12-24(15-29(32)42-2)34(41)40-18-23-8-10-26(40)31(23)35)37-33(38)28-14-21-7-6-20(22-9-11-30(43-3)36-16-22)13-27(21)39(28)17-19-4-5-19/h6-7,9,11-16,19,23,26,31H,4-5,8,10,17-18,35H2,1-3H3. The number of likely N-dealkylation sites (tertiary alicyclic amines) is 1. The van der Waals surface area contributed by atoms with Crippen molar-refractivity contribution >= 4 is 39.6 Å². The van der Waals surface area contributed by atoms with Gasteiger partial charge in [0.25, 0.3) is 5.91 Å². The molecule has 3 aliphatic rings. The van der Waals surface area contributed by atoms with Crippen molar-refractivity contribution in [2.24, 2.45) is 24.6 Å². The number of benzene rings is 2. The maximum atomic E-state index is 13.7. The molecule has 5 aromatic rings. The molecule has 8 nitrogen and oxygen atoms in total. The van der Waals surface area contributed by atoms with Crippen molar-refractivity contribution in [3.63, 3.8) is 0 Å². The zero-order chi connectivity index (χ0) is 29.4. The number of rotatable bonds is 7. The topological polar surface area (TPSA) is 91.2 Å². The first-order chi connectivity index (χ1) is 20.9. The molecule has 2 N–H and O–H groups in total. The largest absolute Gasteiger partial charge is 0.494 e. The Bertz CT molecular complexity index is 1890. The number of piperidine rings is 1. The number of aromatic nitrogens is 4. The number of pyridine rings is 1. The molecule has 3 unspecified atom stereocenters. The molecule has 3 fully saturated rings. The van der Waals surface area contributed by atoms with E-state index in [0.29, 0.717) is 23.1 Å². The molecule has 3 aromatic heterocycles. The van der Waals surface area contributed by atoms with Gasteiger partial charge in [0.1, 0.15) is 11.3 Å². The average Bonchev–Trinajstić information content (AvgIpc) is 3.44. The number of aryl methyl sites for hydroxylation is 1. The Morgan fingerprint density at radius 2 is 1.91 bits per heavy atom. The average molecular weight is 593 g/mol. The van der Waals surface area contributed by atoms with Gasteiger partial charge >= 0.3 is 0 Å². The molecule has 43 heavy (non-hydrogen) atoms. The molecule has 220 valence electrons. The van der Waals surface area contributed by atoms with Crippen LogP contribution in [0.25, 0.3) is 44.6 Å². The second-order valence-corrected chi connectivity index (χ2v) is 13.3. The first-order valence-electron chi connectivity index (χ1n) is 15.2. The Morgan fingerprint density at radius 1 is 1.07 bits per heavy atom. The first-order valence-corrected chi connectivity index (χ1v) is 16.4. The normalized spacial score (nSPS) is 21.4. The Kier molecular flexibility index (Phi) is 6.31. The molecule has 2 aromatic carbocycles. The Hall–Kier alpha value is -3.82. The smallest absolute Gasteiger partial charge is 0.254 e. The fourth-order valence-corrected chi connectivity index (χ4v) is 7.68. The number of hydrogen-bond acceptors (Lipinski definition) is 6. The zero-order valence-electron chi connectivity index (χ0n) is 24.8. The van der Waals surface area contributed by atoms with Crippen LogP contribution in [0.15, 0.2) is 59.8 Å². The highest BCUT2D eigenvalue weighted by Crippen LogP contribution is 2.40. The van der Waals surface area contributed by atoms with Crippen LogP contribution in [-0.2, 0) is 13.6 Å². The van der Waals surface area contributed by atoms with Crippen LogP contribution in [-0.4, -0.2) is 61.9 Å². The highest BCUT2D eigenvalue weighted by atomic mass is 32.2. The Morgan fingerprint density at radius 3 is 2.58 bits per heavy atom. The lowest BCUT2D eigenvalue weighted by molar-refractivity contribution is 0.0700. The second-order valence-electron chi connectivity index (χ2n) is 12.4. The van der Waals surface area contributed by atoms with E-state index in [-0.39, 0.29) is 18.0 Å². The van der Waals surface area contributed by atoms with Gasteiger partial charge in [-0.05, 0) is 79.7 Å². The number of ether oxygens (including phenoxy) is 1. The van der Waals surface area contributed by atoms with Crippen molar-refractivity contribution in [3.8, 4) is 28.4 Å². The molecule has 4 heterocycles. The maximum absolute atomic E-state index is 13.7. The van der Waals surface area contributed by atoms with Crippen LogP contribution in [0.5, 0.6) is 5.75 Å². The first kappa shape index (κ1) is 26.8. The molecule has 1 aliphatic heterocycles. The quantitative estimate of drug-likeness (QED) is 0.235. The summed E-state index contributed by atoms with van der Waals surface area (Å²) in [5.74, 6) is 2.62. The van der Waals surface area contributed by atoms with Crippen molar-refractivity contribution in [1.29, 1.82) is 0 Å². The van der Waals surface area contributed by atoms with Gasteiger partial charge in [0, 0.05) is 60.4 Å². The molecule has 1 amide bonds. The van der Waals surface area contributed by atoms with Gasteiger partial charge in [0.2, 0.25) is 0 Å². The van der Waals surface area contributed by atoms with Crippen LogP contribution < -0.4 is 10.5 Å². The SMILES string of the molecule is COc1cc(C(=O)N2CC3CCC2C3N)cc2nc(-c3cc4ccc(-c5ccc(SC)nc5)cc4n3CC3CC3)n(C)c12. The Balaban J connectivity index is 1.23. The minimum atomic E-state index is 0.0190. The van der Waals surface area contributed by atoms with Gasteiger partial charge in [-0.3, -0.25) is 4.79 Å². The lowest BCUT2D eigenvalue weighted by Crippen LogP contribution is -2.41. The fraction of sp³-hybridized carbons (Fsp3) is 0.382. The van der Waals surface area contributed by atoms with Crippen LogP contribution in [0.4, 0.5) is 0 Å². The van der Waals surface area contributed by atoms with E-state index in [9.17, 15) is 4.79 Å². The van der Waals surface area contributed by atoms with E-state index < -0.39 is 0 Å². The summed E-state index contributed by atoms with van der Waals surface area (Å²) >= 11 is 1.65. The summed E-state index contributed by atoms with van der Waals surface area (Å²) in [5.41, 5.74) is 13.2. The highest BCUT2D eigenvalue weighted by Gasteiger charge is 2.47. The summed E-state index contributed by atoms with van der Waals surface area (Å²) in [6.45, 7) is 1.69. The van der Waals surface area contributed by atoms with E-state index >= 15 is 0 Å². The second kappa shape index (κ2) is 10.1. The molecule has 2 bridgehead atoms. The number of methoxy groups -OCH3 is 1. The maximum Gasteiger partial charge on any atom is 0.254 e. The zero-order valence-corrected chi connectivity index (χ0v) is 25.6. The van der Waals surface area contributed by atoms with Crippen LogP contribution in [0.3, 0.4) is 0 Å². The molecule has 0 radical (unpaired) electrons. The summed E-state index contributed by atoms with van der Waals surface area (Å²) < 4.78 is 10.4. The van der Waals surface area contributed by atoms with Crippen LogP contribution in [0.1, 0.15) is 36.0 Å². The molecule has 2 aliphatic carbocycles. The van der Waals surface area contributed by atoms with Gasteiger partial charge in [-0.1, -0.05) is 18.2 Å². The van der Waals surface area contributed by atoms with Gasteiger partial charge in [-0.25, -0.2) is 9.97 Å². The Labute approximate surface area is 255 Å². The van der Waals surface area contributed by atoms with Crippen LogP contribution >= 0.6 is 11.8 Å². The lowest BCUT2D eigenvalue weighted by atomic mass is 10.1. The number of imidazole rings is 1. The van der Waals surface area contributed by atoms with Gasteiger partial charge in [-0.15, -0.1) is 11.8 Å². The van der Waals surface area contributed by atoms with Gasteiger partial charge in [0.15, 0.2) is 5.82 Å².